The van der Waals surface area contributed by atoms with E-state index in [0.717, 1.165) is 4.70 Å². The summed E-state index contributed by atoms with van der Waals surface area (Å²) in [7, 11) is -3.30. The lowest BCUT2D eigenvalue weighted by molar-refractivity contribution is -0.115. The van der Waals surface area contributed by atoms with Crippen molar-refractivity contribution in [2.75, 3.05) is 15.8 Å². The number of hydrogen-bond acceptors (Lipinski definition) is 5. The summed E-state index contributed by atoms with van der Waals surface area (Å²) in [5.41, 5.74) is 1.12. The molecule has 0 aliphatic heterocycles. The Bertz CT molecular complexity index is 737. The Kier molecular flexibility index (Phi) is 4.24. The fourth-order valence-electron chi connectivity index (χ4n) is 1.50. The fraction of sp³-hybridized carbons (Fsp3) is 0.333. The van der Waals surface area contributed by atoms with Crippen molar-refractivity contribution in [1.82, 2.24) is 4.98 Å². The maximum Gasteiger partial charge on any atom is 0.232 e. The lowest BCUT2D eigenvalue weighted by Gasteiger charge is -2.04. The minimum absolute atomic E-state index is 0.0138. The predicted molar refractivity (Wildman–Crippen MR) is 81.6 cm³/mol. The van der Waals surface area contributed by atoms with Gasteiger partial charge in [-0.3, -0.25) is 9.52 Å². The summed E-state index contributed by atoms with van der Waals surface area (Å²) >= 11 is 1.35. The molecule has 1 amide bonds. The molecule has 0 unspecified atom stereocenters. The number of nitrogens with one attached hydrogen (secondary N) is 2. The van der Waals surface area contributed by atoms with E-state index < -0.39 is 10.0 Å². The molecule has 1 aromatic heterocycles. The van der Waals surface area contributed by atoms with Crippen LogP contribution in [-0.2, 0) is 14.8 Å². The number of aromatic nitrogens is 1. The minimum atomic E-state index is -3.30. The lowest BCUT2D eigenvalue weighted by atomic mass is 10.3. The number of fused-ring (bicyclic) bond motifs is 1. The SMILES string of the molecule is CCC(=O)Nc1nc2cc(NS(=O)(=O)CC)ccc2s1. The van der Waals surface area contributed by atoms with Gasteiger partial charge >= 0.3 is 0 Å². The van der Waals surface area contributed by atoms with Crippen molar-refractivity contribution in [2.24, 2.45) is 0 Å². The maximum atomic E-state index is 11.5. The molecule has 20 heavy (non-hydrogen) atoms. The van der Waals surface area contributed by atoms with Crippen molar-refractivity contribution >= 4 is 48.3 Å². The standard InChI is InChI=1S/C12H15N3O3S2/c1-3-11(16)14-12-13-9-7-8(5-6-10(9)19-12)15-20(17,18)4-2/h5-7,15H,3-4H2,1-2H3,(H,13,14,16). The molecule has 0 aliphatic carbocycles. The number of carbonyl (C=O) groups is 1. The summed E-state index contributed by atoms with van der Waals surface area (Å²) in [5.74, 6) is -0.0872. The molecule has 0 aliphatic rings. The second-order valence-corrected chi connectivity index (χ2v) is 7.15. The molecule has 0 fully saturated rings. The van der Waals surface area contributed by atoms with Gasteiger partial charge < -0.3 is 5.32 Å². The minimum Gasteiger partial charge on any atom is -0.302 e. The molecule has 8 heteroatoms. The highest BCUT2D eigenvalue weighted by molar-refractivity contribution is 7.92. The summed E-state index contributed by atoms with van der Waals surface area (Å²) < 4.78 is 26.4. The van der Waals surface area contributed by atoms with Crippen molar-refractivity contribution in [2.45, 2.75) is 20.3 Å². The van der Waals surface area contributed by atoms with Gasteiger partial charge in [-0.1, -0.05) is 18.3 Å². The van der Waals surface area contributed by atoms with Gasteiger partial charge in [0.1, 0.15) is 0 Å². The van der Waals surface area contributed by atoms with Crippen LogP contribution in [0.4, 0.5) is 10.8 Å². The van der Waals surface area contributed by atoms with Gasteiger partial charge in [0.05, 0.1) is 21.7 Å². The van der Waals surface area contributed by atoms with E-state index in [0.29, 0.717) is 22.8 Å². The van der Waals surface area contributed by atoms with Gasteiger partial charge in [0.25, 0.3) is 0 Å². The topological polar surface area (TPSA) is 88.2 Å². The van der Waals surface area contributed by atoms with Crippen molar-refractivity contribution in [1.29, 1.82) is 0 Å². The molecule has 0 bridgehead atoms. The van der Waals surface area contributed by atoms with Gasteiger partial charge in [-0.25, -0.2) is 13.4 Å². The zero-order chi connectivity index (χ0) is 14.8. The van der Waals surface area contributed by atoms with E-state index >= 15 is 0 Å². The number of thiazole rings is 1. The first-order valence-electron chi connectivity index (χ1n) is 6.14. The zero-order valence-corrected chi connectivity index (χ0v) is 12.8. The van der Waals surface area contributed by atoms with Crippen LogP contribution in [0.1, 0.15) is 20.3 Å². The molecule has 2 rings (SSSR count). The highest BCUT2D eigenvalue weighted by Gasteiger charge is 2.10. The molecule has 2 aromatic rings. The summed E-state index contributed by atoms with van der Waals surface area (Å²) in [6, 6.07) is 5.11. The number of rotatable bonds is 5. The average Bonchev–Trinajstić information content (AvgIpc) is 2.79. The monoisotopic (exact) mass is 313 g/mol. The number of amides is 1. The number of benzene rings is 1. The molecule has 1 aromatic carbocycles. The quantitative estimate of drug-likeness (QED) is 0.887. The molecular weight excluding hydrogens is 298 g/mol. The first kappa shape index (κ1) is 14.7. The van der Waals surface area contributed by atoms with Crippen LogP contribution in [0.3, 0.4) is 0 Å². The van der Waals surface area contributed by atoms with E-state index in [9.17, 15) is 13.2 Å². The van der Waals surface area contributed by atoms with E-state index in [1.165, 1.54) is 11.3 Å². The molecule has 0 atom stereocenters. The van der Waals surface area contributed by atoms with E-state index in [1.54, 1.807) is 32.0 Å². The van der Waals surface area contributed by atoms with Crippen molar-refractivity contribution in [3.8, 4) is 0 Å². The second-order valence-electron chi connectivity index (χ2n) is 4.11. The van der Waals surface area contributed by atoms with Crippen molar-refractivity contribution in [3.05, 3.63) is 18.2 Å². The van der Waals surface area contributed by atoms with E-state index in [4.69, 9.17) is 0 Å². The van der Waals surface area contributed by atoms with Gasteiger partial charge in [-0.2, -0.15) is 0 Å². The Morgan fingerprint density at radius 3 is 2.75 bits per heavy atom. The fourth-order valence-corrected chi connectivity index (χ4v) is 3.00. The number of sulfonamides is 1. The first-order chi connectivity index (χ1) is 9.43. The van der Waals surface area contributed by atoms with E-state index in [-0.39, 0.29) is 11.7 Å². The lowest BCUT2D eigenvalue weighted by Crippen LogP contribution is -2.14. The van der Waals surface area contributed by atoms with Crippen LogP contribution >= 0.6 is 11.3 Å². The third-order valence-corrected chi connectivity index (χ3v) is 4.87. The van der Waals surface area contributed by atoms with Crippen molar-refractivity contribution in [3.63, 3.8) is 0 Å². The van der Waals surface area contributed by atoms with Crippen LogP contribution in [0.25, 0.3) is 10.2 Å². The highest BCUT2D eigenvalue weighted by Crippen LogP contribution is 2.28. The smallest absolute Gasteiger partial charge is 0.232 e. The molecule has 0 radical (unpaired) electrons. The Balaban J connectivity index is 2.28. The van der Waals surface area contributed by atoms with Gasteiger partial charge in [0.15, 0.2) is 5.13 Å². The number of anilines is 2. The van der Waals surface area contributed by atoms with Crippen LogP contribution in [0, 0.1) is 0 Å². The maximum absolute atomic E-state index is 11.5. The Hall–Kier alpha value is -1.67. The summed E-state index contributed by atoms with van der Waals surface area (Å²) in [6.45, 7) is 3.34. The largest absolute Gasteiger partial charge is 0.302 e. The number of carbonyl (C=O) groups excluding carboxylic acids is 1. The van der Waals surface area contributed by atoms with Crippen molar-refractivity contribution < 1.29 is 13.2 Å². The second kappa shape index (κ2) is 5.76. The van der Waals surface area contributed by atoms with Crippen LogP contribution in [0.2, 0.25) is 0 Å². The van der Waals surface area contributed by atoms with Gasteiger partial charge in [-0.15, -0.1) is 0 Å². The summed E-state index contributed by atoms with van der Waals surface area (Å²) in [5, 5.41) is 3.21. The van der Waals surface area contributed by atoms with Gasteiger partial charge in [-0.05, 0) is 25.1 Å². The predicted octanol–water partition coefficient (Wildman–Crippen LogP) is 2.41. The Morgan fingerprint density at radius 1 is 1.35 bits per heavy atom. The summed E-state index contributed by atoms with van der Waals surface area (Å²) in [6.07, 6.45) is 0.386. The molecule has 0 saturated carbocycles. The summed E-state index contributed by atoms with van der Waals surface area (Å²) in [4.78, 5) is 15.6. The third kappa shape index (κ3) is 3.45. The Labute approximate surface area is 121 Å². The van der Waals surface area contributed by atoms with Gasteiger partial charge in [0, 0.05) is 6.42 Å². The molecular formula is C12H15N3O3S2. The Morgan fingerprint density at radius 2 is 2.10 bits per heavy atom. The van der Waals surface area contributed by atoms with Crippen LogP contribution < -0.4 is 10.0 Å². The highest BCUT2D eigenvalue weighted by atomic mass is 32.2. The first-order valence-corrected chi connectivity index (χ1v) is 8.61. The van der Waals surface area contributed by atoms with Crippen LogP contribution in [0.5, 0.6) is 0 Å². The molecule has 6 nitrogen and oxygen atoms in total. The number of nitrogens with zero attached hydrogens (tertiary/aromatic N) is 1. The van der Waals surface area contributed by atoms with Crippen LogP contribution in [0.15, 0.2) is 18.2 Å². The van der Waals surface area contributed by atoms with Gasteiger partial charge in [0.2, 0.25) is 15.9 Å². The zero-order valence-electron chi connectivity index (χ0n) is 11.1. The molecule has 1 heterocycles. The molecule has 0 spiro atoms. The third-order valence-electron chi connectivity index (χ3n) is 2.61. The average molecular weight is 313 g/mol. The van der Waals surface area contributed by atoms with E-state index in [1.807, 2.05) is 0 Å². The molecule has 0 saturated heterocycles. The molecule has 108 valence electrons. The van der Waals surface area contributed by atoms with Crippen LogP contribution in [-0.4, -0.2) is 25.1 Å². The number of hydrogen-bond donors (Lipinski definition) is 2. The molecule has 2 N–H and O–H groups in total. The van der Waals surface area contributed by atoms with E-state index in [2.05, 4.69) is 15.0 Å². The normalized spacial score (nSPS) is 11.5.